The molecule has 2 aliphatic heterocycles. The highest BCUT2D eigenvalue weighted by atomic mass is 16.5. The molecule has 2 unspecified atom stereocenters. The lowest BCUT2D eigenvalue weighted by Gasteiger charge is -2.50. The zero-order chi connectivity index (χ0) is 13.2. The standard InChI is InChI=1S/C14H25NO3/c1-3-13(2)11-14(12(16)17,7-10-18-13)15-8-5-4-6-9-15/h3-11H2,1-2H3,(H,16,17). The minimum Gasteiger partial charge on any atom is -0.480 e. The van der Waals surface area contributed by atoms with Crippen LogP contribution in [0.25, 0.3) is 0 Å². The third kappa shape index (κ3) is 2.41. The van der Waals surface area contributed by atoms with Gasteiger partial charge in [-0.2, -0.15) is 0 Å². The lowest BCUT2D eigenvalue weighted by molar-refractivity contribution is -0.176. The summed E-state index contributed by atoms with van der Waals surface area (Å²) in [6.07, 6.45) is 5.59. The second kappa shape index (κ2) is 5.17. The summed E-state index contributed by atoms with van der Waals surface area (Å²) >= 11 is 0. The number of carbonyl (C=O) groups is 1. The third-order valence-corrected chi connectivity index (χ3v) is 4.74. The number of piperidine rings is 1. The van der Waals surface area contributed by atoms with Crippen molar-refractivity contribution in [2.24, 2.45) is 0 Å². The summed E-state index contributed by atoms with van der Waals surface area (Å²) in [4.78, 5) is 14.1. The van der Waals surface area contributed by atoms with Crippen molar-refractivity contribution in [1.29, 1.82) is 0 Å². The first kappa shape index (κ1) is 13.8. The van der Waals surface area contributed by atoms with E-state index in [9.17, 15) is 9.90 Å². The number of ether oxygens (including phenoxy) is 1. The van der Waals surface area contributed by atoms with Gasteiger partial charge < -0.3 is 9.84 Å². The zero-order valence-electron chi connectivity index (χ0n) is 11.6. The predicted octanol–water partition coefficient (Wildman–Crippen LogP) is 2.27. The topological polar surface area (TPSA) is 49.8 Å². The number of carboxylic acid groups (broad SMARTS) is 1. The maximum atomic E-state index is 11.9. The highest BCUT2D eigenvalue weighted by Crippen LogP contribution is 2.39. The Kier molecular flexibility index (Phi) is 3.97. The van der Waals surface area contributed by atoms with Crippen LogP contribution in [0.1, 0.15) is 52.4 Å². The van der Waals surface area contributed by atoms with Gasteiger partial charge in [-0.25, -0.2) is 0 Å². The molecule has 0 aliphatic carbocycles. The Balaban J connectivity index is 2.23. The molecule has 2 rings (SSSR count). The average molecular weight is 255 g/mol. The molecular weight excluding hydrogens is 230 g/mol. The third-order valence-electron chi connectivity index (χ3n) is 4.74. The van der Waals surface area contributed by atoms with E-state index in [-0.39, 0.29) is 5.60 Å². The van der Waals surface area contributed by atoms with Crippen LogP contribution >= 0.6 is 0 Å². The summed E-state index contributed by atoms with van der Waals surface area (Å²) in [5, 5.41) is 9.77. The molecule has 1 N–H and O–H groups in total. The summed E-state index contributed by atoms with van der Waals surface area (Å²) in [5.74, 6) is -0.660. The van der Waals surface area contributed by atoms with Gasteiger partial charge >= 0.3 is 5.97 Å². The van der Waals surface area contributed by atoms with Gasteiger partial charge in [0.1, 0.15) is 5.54 Å². The smallest absolute Gasteiger partial charge is 0.324 e. The van der Waals surface area contributed by atoms with Crippen molar-refractivity contribution in [3.8, 4) is 0 Å². The van der Waals surface area contributed by atoms with Gasteiger partial charge in [0, 0.05) is 13.0 Å². The number of carboxylic acids is 1. The Hall–Kier alpha value is -0.610. The Bertz CT molecular complexity index is 314. The van der Waals surface area contributed by atoms with E-state index in [0.717, 1.165) is 32.4 Å². The molecule has 0 amide bonds. The molecule has 2 atom stereocenters. The van der Waals surface area contributed by atoms with E-state index in [2.05, 4.69) is 11.8 Å². The molecule has 0 aromatic carbocycles. The number of hydrogen-bond acceptors (Lipinski definition) is 3. The number of likely N-dealkylation sites (tertiary alicyclic amines) is 1. The van der Waals surface area contributed by atoms with E-state index >= 15 is 0 Å². The van der Waals surface area contributed by atoms with Crippen LogP contribution in [0.5, 0.6) is 0 Å². The quantitative estimate of drug-likeness (QED) is 0.840. The maximum absolute atomic E-state index is 11.9. The van der Waals surface area contributed by atoms with Gasteiger partial charge in [0.15, 0.2) is 0 Å². The Morgan fingerprint density at radius 3 is 2.56 bits per heavy atom. The van der Waals surface area contributed by atoms with Gasteiger partial charge in [0.25, 0.3) is 0 Å². The maximum Gasteiger partial charge on any atom is 0.324 e. The summed E-state index contributed by atoms with van der Waals surface area (Å²) in [7, 11) is 0. The van der Waals surface area contributed by atoms with E-state index in [1.807, 2.05) is 6.92 Å². The number of hydrogen-bond donors (Lipinski definition) is 1. The molecule has 2 aliphatic rings. The van der Waals surface area contributed by atoms with Crippen LogP contribution in [0.15, 0.2) is 0 Å². The molecule has 2 heterocycles. The molecule has 104 valence electrons. The molecular formula is C14H25NO3. The highest BCUT2D eigenvalue weighted by Gasteiger charge is 2.51. The molecule has 18 heavy (non-hydrogen) atoms. The van der Waals surface area contributed by atoms with Crippen molar-refractivity contribution in [3.63, 3.8) is 0 Å². The molecule has 0 saturated carbocycles. The van der Waals surface area contributed by atoms with Crippen LogP contribution in [0, 0.1) is 0 Å². The van der Waals surface area contributed by atoms with Gasteiger partial charge in [0.05, 0.1) is 5.60 Å². The van der Waals surface area contributed by atoms with Crippen LogP contribution in [0.3, 0.4) is 0 Å². The van der Waals surface area contributed by atoms with Crippen LogP contribution in [-0.2, 0) is 9.53 Å². The fourth-order valence-electron chi connectivity index (χ4n) is 3.36. The van der Waals surface area contributed by atoms with Crippen molar-refractivity contribution in [2.75, 3.05) is 19.7 Å². The number of rotatable bonds is 3. The van der Waals surface area contributed by atoms with Crippen LogP contribution in [0.4, 0.5) is 0 Å². The summed E-state index contributed by atoms with van der Waals surface area (Å²) in [6, 6.07) is 0. The van der Waals surface area contributed by atoms with E-state index in [1.54, 1.807) is 0 Å². The van der Waals surface area contributed by atoms with E-state index in [4.69, 9.17) is 4.74 Å². The highest BCUT2D eigenvalue weighted by molar-refractivity contribution is 5.79. The minimum absolute atomic E-state index is 0.284. The summed E-state index contributed by atoms with van der Waals surface area (Å²) < 4.78 is 5.82. The van der Waals surface area contributed by atoms with Crippen molar-refractivity contribution in [3.05, 3.63) is 0 Å². The number of nitrogens with zero attached hydrogens (tertiary/aromatic N) is 1. The molecule has 4 heteroatoms. The lowest BCUT2D eigenvalue weighted by atomic mass is 9.77. The van der Waals surface area contributed by atoms with Crippen LogP contribution < -0.4 is 0 Å². The molecule has 2 saturated heterocycles. The largest absolute Gasteiger partial charge is 0.480 e. The molecule has 4 nitrogen and oxygen atoms in total. The predicted molar refractivity (Wildman–Crippen MR) is 69.7 cm³/mol. The molecule has 2 fully saturated rings. The van der Waals surface area contributed by atoms with Crippen molar-refractivity contribution >= 4 is 5.97 Å². The summed E-state index contributed by atoms with van der Waals surface area (Å²) in [6.45, 7) is 6.53. The van der Waals surface area contributed by atoms with Gasteiger partial charge in [-0.1, -0.05) is 13.3 Å². The van der Waals surface area contributed by atoms with Crippen molar-refractivity contribution < 1.29 is 14.6 Å². The van der Waals surface area contributed by atoms with E-state index in [1.165, 1.54) is 6.42 Å². The SMILES string of the molecule is CCC1(C)CC(C(=O)O)(N2CCCCC2)CCO1. The van der Waals surface area contributed by atoms with E-state index < -0.39 is 11.5 Å². The first-order valence-corrected chi connectivity index (χ1v) is 7.15. The number of aliphatic carboxylic acids is 1. The Morgan fingerprint density at radius 1 is 1.33 bits per heavy atom. The van der Waals surface area contributed by atoms with Gasteiger partial charge in [-0.05, 0) is 45.7 Å². The molecule has 0 radical (unpaired) electrons. The molecule has 0 aromatic heterocycles. The zero-order valence-corrected chi connectivity index (χ0v) is 11.6. The van der Waals surface area contributed by atoms with Gasteiger partial charge in [0.2, 0.25) is 0 Å². The van der Waals surface area contributed by atoms with Crippen molar-refractivity contribution in [1.82, 2.24) is 4.90 Å². The first-order valence-electron chi connectivity index (χ1n) is 7.15. The second-order valence-electron chi connectivity index (χ2n) is 5.96. The van der Waals surface area contributed by atoms with Crippen LogP contribution in [0.2, 0.25) is 0 Å². The molecule has 0 bridgehead atoms. The fraction of sp³-hybridized carbons (Fsp3) is 0.929. The second-order valence-corrected chi connectivity index (χ2v) is 5.96. The van der Waals surface area contributed by atoms with Gasteiger partial charge in [-0.3, -0.25) is 9.69 Å². The average Bonchev–Trinajstić information content (AvgIpc) is 2.39. The first-order chi connectivity index (χ1) is 8.52. The van der Waals surface area contributed by atoms with Gasteiger partial charge in [-0.15, -0.1) is 0 Å². The van der Waals surface area contributed by atoms with E-state index in [0.29, 0.717) is 19.4 Å². The van der Waals surface area contributed by atoms with Crippen molar-refractivity contribution in [2.45, 2.75) is 63.5 Å². The van der Waals surface area contributed by atoms with Crippen LogP contribution in [-0.4, -0.2) is 46.8 Å². The fourth-order valence-corrected chi connectivity index (χ4v) is 3.36. The molecule has 0 spiro atoms. The molecule has 0 aromatic rings. The monoisotopic (exact) mass is 255 g/mol. The minimum atomic E-state index is -0.691. The Morgan fingerprint density at radius 2 is 2.00 bits per heavy atom. The summed E-state index contributed by atoms with van der Waals surface area (Å²) in [5.41, 5.74) is -0.975. The normalized spacial score (nSPS) is 38.6. The lowest BCUT2D eigenvalue weighted by Crippen LogP contribution is -2.62. The Labute approximate surface area is 109 Å².